The van der Waals surface area contributed by atoms with Crippen LogP contribution in [0.15, 0.2) is 0 Å². The van der Waals surface area contributed by atoms with Gasteiger partial charge in [0.2, 0.25) is 0 Å². The van der Waals surface area contributed by atoms with Crippen LogP contribution < -0.4 is 16.4 Å². The van der Waals surface area contributed by atoms with E-state index in [1.54, 1.807) is 0 Å². The Morgan fingerprint density at radius 3 is 1.59 bits per heavy atom. The quantitative estimate of drug-likeness (QED) is 0.414. The van der Waals surface area contributed by atoms with Crippen LogP contribution in [0.5, 0.6) is 0 Å². The summed E-state index contributed by atoms with van der Waals surface area (Å²) in [7, 11) is 0. The summed E-state index contributed by atoms with van der Waals surface area (Å²) in [5.41, 5.74) is 5.18. The Morgan fingerprint density at radius 1 is 0.818 bits per heavy atom. The van der Waals surface area contributed by atoms with E-state index in [0.29, 0.717) is 19.6 Å². The highest BCUT2D eigenvalue weighted by molar-refractivity contribution is 6.00. The molecular weight excluding hydrogens is 322 g/mol. The van der Waals surface area contributed by atoms with E-state index in [4.69, 9.17) is 5.73 Å². The maximum absolute atomic E-state index is 12.2. The van der Waals surface area contributed by atoms with E-state index in [2.05, 4.69) is 10.6 Å². The average molecular weight is 338 g/mol. The number of nitrogens with two attached hydrogens (primary N) is 1. The highest BCUT2D eigenvalue weighted by atomic mass is 19.4. The van der Waals surface area contributed by atoms with Crippen LogP contribution in [0, 0.1) is 0 Å². The molecule has 130 valence electrons. The highest BCUT2D eigenvalue weighted by Gasteiger charge is 2.51. The van der Waals surface area contributed by atoms with Crippen molar-refractivity contribution in [3.05, 3.63) is 0 Å². The van der Waals surface area contributed by atoms with Crippen molar-refractivity contribution < 1.29 is 35.9 Å². The minimum Gasteiger partial charge on any atom is -0.329 e. The summed E-state index contributed by atoms with van der Waals surface area (Å²) in [4.78, 5) is 20.9. The van der Waals surface area contributed by atoms with Crippen molar-refractivity contribution in [3.63, 3.8) is 0 Å². The first kappa shape index (κ1) is 20.6. The molecule has 0 aromatic rings. The number of hydrogen-bond donors (Lipinski definition) is 3. The number of rotatable bonds is 8. The van der Waals surface area contributed by atoms with Crippen molar-refractivity contribution in [2.24, 2.45) is 5.73 Å². The first-order valence-electron chi connectivity index (χ1n) is 6.13. The lowest BCUT2D eigenvalue weighted by Gasteiger charge is -2.23. The van der Waals surface area contributed by atoms with Gasteiger partial charge in [0.1, 0.15) is 0 Å². The van der Waals surface area contributed by atoms with Gasteiger partial charge in [-0.3, -0.25) is 14.5 Å². The van der Waals surface area contributed by atoms with E-state index in [0.717, 1.165) is 0 Å². The van der Waals surface area contributed by atoms with Crippen molar-refractivity contribution in [2.45, 2.75) is 12.4 Å². The van der Waals surface area contributed by atoms with Gasteiger partial charge in [0.25, 0.3) is 0 Å². The second-order valence-electron chi connectivity index (χ2n) is 4.05. The van der Waals surface area contributed by atoms with E-state index in [1.165, 1.54) is 0 Å². The molecule has 0 bridgehead atoms. The van der Waals surface area contributed by atoms with E-state index >= 15 is 0 Å². The largest absolute Gasteiger partial charge is 0.471 e. The number of hydrogen-bond acceptors (Lipinski definition) is 5. The zero-order valence-electron chi connectivity index (χ0n) is 11.4. The predicted octanol–water partition coefficient (Wildman–Crippen LogP) is -0.396. The summed E-state index contributed by atoms with van der Waals surface area (Å²) >= 11 is 0. The standard InChI is InChI=1S/C10H16F6N4O2/c11-9(12,13)7(21)20(8(22)10(14,15)16)6-5-19-4-3-18-2-1-17/h18-19H,1-6,17H2. The molecule has 0 unspecified atom stereocenters. The van der Waals surface area contributed by atoms with Crippen LogP contribution in [-0.4, -0.2) is 68.3 Å². The van der Waals surface area contributed by atoms with Crippen molar-refractivity contribution in [1.82, 2.24) is 15.5 Å². The lowest BCUT2D eigenvalue weighted by molar-refractivity contribution is -0.203. The lowest BCUT2D eigenvalue weighted by atomic mass is 10.4. The monoisotopic (exact) mass is 338 g/mol. The zero-order chi connectivity index (χ0) is 17.4. The second kappa shape index (κ2) is 8.90. The molecule has 0 aliphatic carbocycles. The molecule has 0 aliphatic heterocycles. The molecule has 22 heavy (non-hydrogen) atoms. The Morgan fingerprint density at radius 2 is 1.23 bits per heavy atom. The Labute approximate surface area is 122 Å². The topological polar surface area (TPSA) is 87.5 Å². The van der Waals surface area contributed by atoms with Crippen molar-refractivity contribution >= 4 is 11.8 Å². The second-order valence-corrected chi connectivity index (χ2v) is 4.05. The van der Waals surface area contributed by atoms with Crippen molar-refractivity contribution in [2.75, 3.05) is 39.3 Å². The van der Waals surface area contributed by atoms with Gasteiger partial charge in [0, 0.05) is 39.3 Å². The van der Waals surface area contributed by atoms with Crippen LogP contribution in [0.1, 0.15) is 0 Å². The lowest BCUT2D eigenvalue weighted by Crippen LogP contribution is -2.52. The zero-order valence-corrected chi connectivity index (χ0v) is 11.4. The third-order valence-electron chi connectivity index (χ3n) is 2.29. The Balaban J connectivity index is 4.51. The number of carbonyl (C=O) groups excluding carboxylic acids is 2. The summed E-state index contributed by atoms with van der Waals surface area (Å²) in [6.45, 7) is -0.00567. The van der Waals surface area contributed by atoms with Gasteiger partial charge < -0.3 is 16.4 Å². The number of imide groups is 1. The molecule has 0 radical (unpaired) electrons. The van der Waals surface area contributed by atoms with Gasteiger partial charge in [-0.25, -0.2) is 0 Å². The minimum atomic E-state index is -5.57. The van der Waals surface area contributed by atoms with Crippen molar-refractivity contribution in [3.8, 4) is 0 Å². The van der Waals surface area contributed by atoms with Gasteiger partial charge in [-0.15, -0.1) is 0 Å². The first-order valence-corrected chi connectivity index (χ1v) is 6.13. The Bertz CT molecular complexity index is 345. The Hall–Kier alpha value is -1.40. The maximum Gasteiger partial charge on any atom is 0.471 e. The first-order chi connectivity index (χ1) is 10.0. The molecule has 6 nitrogen and oxygen atoms in total. The molecular formula is C10H16F6N4O2. The minimum absolute atomic E-state index is 0.217. The summed E-state index contributed by atoms with van der Waals surface area (Å²) in [5.74, 6) is -5.70. The van der Waals surface area contributed by atoms with Gasteiger partial charge in [-0.2, -0.15) is 26.3 Å². The molecule has 0 aromatic carbocycles. The molecule has 0 aromatic heterocycles. The van der Waals surface area contributed by atoms with E-state index < -0.39 is 42.2 Å². The highest BCUT2D eigenvalue weighted by Crippen LogP contribution is 2.23. The summed E-state index contributed by atoms with van der Waals surface area (Å²) in [6.07, 6.45) is -11.1. The fourth-order valence-electron chi connectivity index (χ4n) is 1.32. The van der Waals surface area contributed by atoms with Crippen LogP contribution in [0.25, 0.3) is 0 Å². The van der Waals surface area contributed by atoms with Gasteiger partial charge in [0.05, 0.1) is 0 Å². The molecule has 0 saturated carbocycles. The molecule has 0 heterocycles. The molecule has 0 fully saturated rings. The molecule has 0 saturated heterocycles. The van der Waals surface area contributed by atoms with Crippen LogP contribution in [0.2, 0.25) is 0 Å². The number of alkyl halides is 6. The van der Waals surface area contributed by atoms with Gasteiger partial charge in [-0.1, -0.05) is 0 Å². The predicted molar refractivity (Wildman–Crippen MR) is 63.6 cm³/mol. The van der Waals surface area contributed by atoms with Gasteiger partial charge in [0.15, 0.2) is 0 Å². The SMILES string of the molecule is NCCNCCNCCN(C(=O)C(F)(F)F)C(=O)C(F)(F)F. The number of halogens is 6. The normalized spacial score (nSPS) is 12.3. The van der Waals surface area contributed by atoms with Crippen molar-refractivity contribution in [1.29, 1.82) is 0 Å². The third-order valence-corrected chi connectivity index (χ3v) is 2.29. The average Bonchev–Trinajstić information content (AvgIpc) is 2.38. The Kier molecular flexibility index (Phi) is 8.34. The van der Waals surface area contributed by atoms with Gasteiger partial charge in [-0.05, 0) is 0 Å². The molecule has 2 amide bonds. The van der Waals surface area contributed by atoms with Crippen LogP contribution in [-0.2, 0) is 9.59 Å². The van der Waals surface area contributed by atoms with Crippen LogP contribution in [0.3, 0.4) is 0 Å². The van der Waals surface area contributed by atoms with E-state index in [9.17, 15) is 35.9 Å². The fraction of sp³-hybridized carbons (Fsp3) is 0.800. The van der Waals surface area contributed by atoms with Crippen LogP contribution >= 0.6 is 0 Å². The smallest absolute Gasteiger partial charge is 0.329 e. The maximum atomic E-state index is 12.2. The molecule has 0 aliphatic rings. The summed E-state index contributed by atoms with van der Waals surface area (Å²) < 4.78 is 73.3. The van der Waals surface area contributed by atoms with Gasteiger partial charge >= 0.3 is 24.2 Å². The molecule has 0 atom stereocenters. The molecule has 4 N–H and O–H groups in total. The van der Waals surface area contributed by atoms with E-state index in [-0.39, 0.29) is 6.54 Å². The third kappa shape index (κ3) is 7.56. The summed E-state index contributed by atoms with van der Waals surface area (Å²) in [5, 5.41) is 5.33. The molecule has 12 heteroatoms. The number of carbonyl (C=O) groups is 2. The summed E-state index contributed by atoms with van der Waals surface area (Å²) in [6, 6.07) is 0. The molecule has 0 spiro atoms. The molecule has 0 rings (SSSR count). The van der Waals surface area contributed by atoms with E-state index in [1.807, 2.05) is 0 Å². The number of nitrogens with zero attached hydrogens (tertiary/aromatic N) is 1. The number of nitrogens with one attached hydrogen (secondary N) is 2. The number of amides is 2. The van der Waals surface area contributed by atoms with Crippen LogP contribution in [0.4, 0.5) is 26.3 Å². The fourth-order valence-corrected chi connectivity index (χ4v) is 1.32.